The normalized spacial score (nSPS) is 21.5. The molecule has 3 rings (SSSR count). The summed E-state index contributed by atoms with van der Waals surface area (Å²) < 4.78 is 6.52. The second-order valence-electron chi connectivity index (χ2n) is 7.21. The summed E-state index contributed by atoms with van der Waals surface area (Å²) in [6.45, 7) is 8.14. The van der Waals surface area contributed by atoms with Crippen LogP contribution in [0, 0.1) is 0 Å². The lowest BCUT2D eigenvalue weighted by molar-refractivity contribution is 0.0372. The van der Waals surface area contributed by atoms with Gasteiger partial charge in [-0.15, -0.1) is 0 Å². The second-order valence-corrected chi connectivity index (χ2v) is 8.13. The van der Waals surface area contributed by atoms with Crippen LogP contribution in [0.1, 0.15) is 19.3 Å². The molecule has 0 amide bonds. The van der Waals surface area contributed by atoms with E-state index in [2.05, 4.69) is 65.6 Å². The summed E-state index contributed by atoms with van der Waals surface area (Å²) in [6, 6.07) is 9.00. The van der Waals surface area contributed by atoms with Gasteiger partial charge in [-0.3, -0.25) is 9.89 Å². The van der Waals surface area contributed by atoms with Crippen molar-refractivity contribution in [2.45, 2.75) is 25.3 Å². The van der Waals surface area contributed by atoms with E-state index in [1.807, 2.05) is 7.05 Å². The van der Waals surface area contributed by atoms with Crippen molar-refractivity contribution in [2.75, 3.05) is 64.4 Å². The van der Waals surface area contributed by atoms with Crippen LogP contribution < -0.4 is 15.5 Å². The minimum Gasteiger partial charge on any atom is -0.379 e. The second kappa shape index (κ2) is 10.9. The van der Waals surface area contributed by atoms with E-state index >= 15 is 0 Å². The van der Waals surface area contributed by atoms with E-state index in [0.29, 0.717) is 6.04 Å². The van der Waals surface area contributed by atoms with E-state index in [1.54, 1.807) is 0 Å². The zero-order valence-electron chi connectivity index (χ0n) is 16.3. The number of nitrogens with one attached hydrogen (secondary N) is 2. The molecular formula is C20H32BrN5O. The number of aliphatic imine (C=N–C) groups is 1. The standard InChI is InChI=1S/C20H32BrN5O/c1-22-20(23-9-2-3-10-25-12-14-27-15-13-25)24-18-8-11-26(16-18)19-6-4-17(21)5-7-19/h4-7,18H,2-3,8-16H2,1H3,(H2,22,23,24). The van der Waals surface area contributed by atoms with Crippen molar-refractivity contribution < 1.29 is 4.74 Å². The molecule has 0 bridgehead atoms. The molecule has 27 heavy (non-hydrogen) atoms. The Balaban J connectivity index is 1.32. The van der Waals surface area contributed by atoms with Gasteiger partial charge < -0.3 is 20.3 Å². The molecule has 7 heteroatoms. The van der Waals surface area contributed by atoms with Gasteiger partial charge in [0, 0.05) is 56.0 Å². The predicted molar refractivity (Wildman–Crippen MR) is 116 cm³/mol. The molecular weight excluding hydrogens is 406 g/mol. The summed E-state index contributed by atoms with van der Waals surface area (Å²) in [7, 11) is 1.85. The molecule has 1 unspecified atom stereocenters. The SMILES string of the molecule is CN=C(NCCCCN1CCOCC1)NC1CCN(c2ccc(Br)cc2)C1. The molecule has 2 aliphatic rings. The lowest BCUT2D eigenvalue weighted by Gasteiger charge is -2.26. The molecule has 2 saturated heterocycles. The van der Waals surface area contributed by atoms with Crippen LogP contribution in [0.3, 0.4) is 0 Å². The monoisotopic (exact) mass is 437 g/mol. The molecule has 1 atom stereocenters. The maximum absolute atomic E-state index is 5.39. The molecule has 0 saturated carbocycles. The van der Waals surface area contributed by atoms with Gasteiger partial charge in [0.2, 0.25) is 0 Å². The molecule has 0 aromatic heterocycles. The highest BCUT2D eigenvalue weighted by molar-refractivity contribution is 9.10. The molecule has 2 fully saturated rings. The first-order valence-corrected chi connectivity index (χ1v) is 10.8. The number of benzene rings is 1. The topological polar surface area (TPSA) is 52.1 Å². The highest BCUT2D eigenvalue weighted by Crippen LogP contribution is 2.22. The quantitative estimate of drug-likeness (QED) is 0.389. The first-order chi connectivity index (χ1) is 13.2. The molecule has 1 aromatic carbocycles. The smallest absolute Gasteiger partial charge is 0.191 e. The fourth-order valence-corrected chi connectivity index (χ4v) is 3.91. The number of guanidine groups is 1. The summed E-state index contributed by atoms with van der Waals surface area (Å²) in [4.78, 5) is 9.31. The van der Waals surface area contributed by atoms with Crippen LogP contribution in [-0.4, -0.2) is 76.4 Å². The first-order valence-electron chi connectivity index (χ1n) is 10.0. The van der Waals surface area contributed by atoms with Gasteiger partial charge in [-0.2, -0.15) is 0 Å². The maximum atomic E-state index is 5.39. The Labute approximate surface area is 171 Å². The van der Waals surface area contributed by atoms with Crippen molar-refractivity contribution >= 4 is 27.6 Å². The van der Waals surface area contributed by atoms with Crippen LogP contribution in [0.25, 0.3) is 0 Å². The Morgan fingerprint density at radius 1 is 1.19 bits per heavy atom. The third kappa shape index (κ3) is 6.66. The van der Waals surface area contributed by atoms with Gasteiger partial charge in [0.15, 0.2) is 5.96 Å². The third-order valence-electron chi connectivity index (χ3n) is 5.24. The van der Waals surface area contributed by atoms with Crippen molar-refractivity contribution in [3.63, 3.8) is 0 Å². The average Bonchev–Trinajstić information content (AvgIpc) is 3.16. The summed E-state index contributed by atoms with van der Waals surface area (Å²) in [6.07, 6.45) is 3.51. The Bertz CT molecular complexity index is 589. The maximum Gasteiger partial charge on any atom is 0.191 e. The Kier molecular flexibility index (Phi) is 8.23. The number of halogens is 1. The van der Waals surface area contributed by atoms with Crippen molar-refractivity contribution in [1.29, 1.82) is 0 Å². The number of anilines is 1. The van der Waals surface area contributed by atoms with Crippen LogP contribution in [0.4, 0.5) is 5.69 Å². The minimum atomic E-state index is 0.438. The van der Waals surface area contributed by atoms with Crippen LogP contribution in [0.2, 0.25) is 0 Å². The summed E-state index contributed by atoms with van der Waals surface area (Å²) >= 11 is 3.50. The van der Waals surface area contributed by atoms with Gasteiger partial charge in [-0.25, -0.2) is 0 Å². The fourth-order valence-electron chi connectivity index (χ4n) is 3.64. The van der Waals surface area contributed by atoms with Crippen molar-refractivity contribution in [3.8, 4) is 0 Å². The zero-order valence-corrected chi connectivity index (χ0v) is 17.9. The molecule has 150 valence electrons. The first kappa shape index (κ1) is 20.4. The molecule has 1 aromatic rings. The van der Waals surface area contributed by atoms with Gasteiger partial charge in [0.25, 0.3) is 0 Å². The third-order valence-corrected chi connectivity index (χ3v) is 5.77. The van der Waals surface area contributed by atoms with E-state index in [-0.39, 0.29) is 0 Å². The van der Waals surface area contributed by atoms with Crippen molar-refractivity contribution in [3.05, 3.63) is 28.7 Å². The zero-order chi connectivity index (χ0) is 18.9. The van der Waals surface area contributed by atoms with Crippen molar-refractivity contribution in [1.82, 2.24) is 15.5 Å². The molecule has 2 N–H and O–H groups in total. The lowest BCUT2D eigenvalue weighted by Crippen LogP contribution is -2.45. The Hall–Kier alpha value is -1.31. The summed E-state index contributed by atoms with van der Waals surface area (Å²) in [5.74, 6) is 0.920. The number of nitrogens with zero attached hydrogens (tertiary/aromatic N) is 3. The molecule has 6 nitrogen and oxygen atoms in total. The lowest BCUT2D eigenvalue weighted by atomic mass is 10.2. The number of ether oxygens (including phenoxy) is 1. The van der Waals surface area contributed by atoms with Crippen LogP contribution in [0.5, 0.6) is 0 Å². The van der Waals surface area contributed by atoms with Gasteiger partial charge in [0.1, 0.15) is 0 Å². The van der Waals surface area contributed by atoms with Crippen LogP contribution >= 0.6 is 15.9 Å². The van der Waals surface area contributed by atoms with Gasteiger partial charge in [0.05, 0.1) is 13.2 Å². The Morgan fingerprint density at radius 2 is 1.96 bits per heavy atom. The minimum absolute atomic E-state index is 0.438. The summed E-state index contributed by atoms with van der Waals surface area (Å²) in [5.41, 5.74) is 1.29. The van der Waals surface area contributed by atoms with Gasteiger partial charge >= 0.3 is 0 Å². The average molecular weight is 438 g/mol. The van der Waals surface area contributed by atoms with Crippen molar-refractivity contribution in [2.24, 2.45) is 4.99 Å². The molecule has 2 aliphatic heterocycles. The highest BCUT2D eigenvalue weighted by atomic mass is 79.9. The van der Waals surface area contributed by atoms with E-state index in [1.165, 1.54) is 18.7 Å². The highest BCUT2D eigenvalue weighted by Gasteiger charge is 2.23. The van der Waals surface area contributed by atoms with E-state index in [0.717, 1.165) is 69.2 Å². The van der Waals surface area contributed by atoms with E-state index < -0.39 is 0 Å². The summed E-state index contributed by atoms with van der Waals surface area (Å²) in [5, 5.41) is 7.05. The van der Waals surface area contributed by atoms with E-state index in [9.17, 15) is 0 Å². The van der Waals surface area contributed by atoms with Crippen LogP contribution in [-0.2, 0) is 4.74 Å². The number of rotatable bonds is 7. The van der Waals surface area contributed by atoms with E-state index in [4.69, 9.17) is 4.74 Å². The van der Waals surface area contributed by atoms with Gasteiger partial charge in [-0.05, 0) is 50.1 Å². The fraction of sp³-hybridized carbons (Fsp3) is 0.650. The Morgan fingerprint density at radius 3 is 2.70 bits per heavy atom. The van der Waals surface area contributed by atoms with Crippen LogP contribution in [0.15, 0.2) is 33.7 Å². The number of hydrogen-bond acceptors (Lipinski definition) is 4. The number of unbranched alkanes of at least 4 members (excludes halogenated alkanes) is 1. The molecule has 0 aliphatic carbocycles. The number of hydrogen-bond donors (Lipinski definition) is 2. The molecule has 0 spiro atoms. The largest absolute Gasteiger partial charge is 0.379 e. The molecule has 0 radical (unpaired) electrons. The van der Waals surface area contributed by atoms with Gasteiger partial charge in [-0.1, -0.05) is 15.9 Å². The number of morpholine rings is 1. The predicted octanol–water partition coefficient (Wildman–Crippen LogP) is 2.31. The molecule has 2 heterocycles.